The van der Waals surface area contributed by atoms with E-state index in [-0.39, 0.29) is 18.6 Å². The average Bonchev–Trinajstić information content (AvgIpc) is 2.99. The number of H-pyrrole nitrogens is 1. The summed E-state index contributed by atoms with van der Waals surface area (Å²) in [4.78, 5) is 19.5. The summed E-state index contributed by atoms with van der Waals surface area (Å²) in [5, 5.41) is 16.0. The smallest absolute Gasteiger partial charge is 0.315 e. The monoisotopic (exact) mass is 328 g/mol. The summed E-state index contributed by atoms with van der Waals surface area (Å²) in [5.74, 6) is 0. The highest BCUT2D eigenvalue weighted by Gasteiger charge is 2.22. The molecule has 24 heavy (non-hydrogen) atoms. The molecule has 0 fully saturated rings. The molecule has 3 rings (SSSR count). The molecule has 0 aliphatic heterocycles. The first-order valence-electron chi connectivity index (χ1n) is 8.33. The second-order valence-electron chi connectivity index (χ2n) is 6.56. The number of aliphatic hydroxyl groups is 1. The number of hydrogen-bond acceptors (Lipinski definition) is 3. The minimum atomic E-state index is -0.708. The Morgan fingerprint density at radius 1 is 1.38 bits per heavy atom. The molecular weight excluding hydrogens is 304 g/mol. The van der Waals surface area contributed by atoms with Gasteiger partial charge in [-0.2, -0.15) is 0 Å². The van der Waals surface area contributed by atoms with Crippen molar-refractivity contribution in [3.05, 3.63) is 52.6 Å². The highest BCUT2D eigenvalue weighted by atomic mass is 16.3. The first-order chi connectivity index (χ1) is 11.5. The first-order valence-corrected chi connectivity index (χ1v) is 8.33. The van der Waals surface area contributed by atoms with E-state index in [1.165, 1.54) is 0 Å². The summed E-state index contributed by atoms with van der Waals surface area (Å²) in [6.45, 7) is 4.18. The summed E-state index contributed by atoms with van der Waals surface area (Å²) in [5.41, 5.74) is 5.23. The number of nitrogens with zero attached hydrogens (tertiary/aromatic N) is 1. The standard InChI is InChI=1S/C18H24N4O2/c1-11-5-12(2)7-13(6-11)17(23)9-19-18(24)22-14-3-4-15-16(8-14)21-10-20-15/h5-7,10,14,17,23H,3-4,8-9H2,1-2H3,(H,20,21)(H2,19,22,24). The van der Waals surface area contributed by atoms with Gasteiger partial charge in [-0.05, 0) is 32.3 Å². The number of aromatic nitrogens is 2. The van der Waals surface area contributed by atoms with Crippen LogP contribution in [-0.2, 0) is 12.8 Å². The number of rotatable bonds is 4. The van der Waals surface area contributed by atoms with Crippen LogP contribution in [-0.4, -0.2) is 33.7 Å². The summed E-state index contributed by atoms with van der Waals surface area (Å²) in [6, 6.07) is 5.79. The third kappa shape index (κ3) is 3.94. The summed E-state index contributed by atoms with van der Waals surface area (Å²) < 4.78 is 0. The van der Waals surface area contributed by atoms with Crippen molar-refractivity contribution in [2.45, 2.75) is 45.3 Å². The van der Waals surface area contributed by atoms with Crippen LogP contribution in [0.5, 0.6) is 0 Å². The SMILES string of the molecule is Cc1cc(C)cc(C(O)CNC(=O)NC2CCc3nc[nH]c3C2)c1. The molecule has 6 heteroatoms. The lowest BCUT2D eigenvalue weighted by molar-refractivity contribution is 0.172. The van der Waals surface area contributed by atoms with Crippen LogP contribution < -0.4 is 10.6 Å². The molecule has 2 unspecified atom stereocenters. The van der Waals surface area contributed by atoms with Crippen LogP contribution in [0.15, 0.2) is 24.5 Å². The molecule has 0 saturated heterocycles. The molecule has 0 saturated carbocycles. The number of aryl methyl sites for hydroxylation is 3. The third-order valence-corrected chi connectivity index (χ3v) is 4.41. The van der Waals surface area contributed by atoms with E-state index in [2.05, 4.69) is 26.7 Å². The van der Waals surface area contributed by atoms with E-state index in [1.807, 2.05) is 26.0 Å². The Morgan fingerprint density at radius 2 is 2.12 bits per heavy atom. The van der Waals surface area contributed by atoms with Crippen molar-refractivity contribution in [2.75, 3.05) is 6.54 Å². The fourth-order valence-electron chi connectivity index (χ4n) is 3.27. The molecule has 128 valence electrons. The van der Waals surface area contributed by atoms with E-state index in [1.54, 1.807) is 6.33 Å². The zero-order chi connectivity index (χ0) is 17.1. The van der Waals surface area contributed by atoms with Crippen LogP contribution >= 0.6 is 0 Å². The lowest BCUT2D eigenvalue weighted by atomic mass is 9.96. The van der Waals surface area contributed by atoms with Crippen LogP contribution in [0.4, 0.5) is 4.79 Å². The predicted octanol–water partition coefficient (Wildman–Crippen LogP) is 1.92. The van der Waals surface area contributed by atoms with Crippen LogP contribution in [0.1, 0.15) is 40.6 Å². The maximum atomic E-state index is 12.1. The summed E-state index contributed by atoms with van der Waals surface area (Å²) in [6.07, 6.45) is 3.51. The molecule has 0 spiro atoms. The average molecular weight is 328 g/mol. The van der Waals surface area contributed by atoms with Crippen molar-refractivity contribution in [2.24, 2.45) is 0 Å². The van der Waals surface area contributed by atoms with E-state index < -0.39 is 6.10 Å². The number of fused-ring (bicyclic) bond motifs is 1. The van der Waals surface area contributed by atoms with Crippen molar-refractivity contribution in [3.8, 4) is 0 Å². The zero-order valence-corrected chi connectivity index (χ0v) is 14.1. The largest absolute Gasteiger partial charge is 0.387 e. The fraction of sp³-hybridized carbons (Fsp3) is 0.444. The number of aromatic amines is 1. The number of nitrogens with one attached hydrogen (secondary N) is 3. The Labute approximate surface area is 141 Å². The molecule has 2 atom stereocenters. The van der Waals surface area contributed by atoms with E-state index >= 15 is 0 Å². The first kappa shape index (κ1) is 16.5. The maximum absolute atomic E-state index is 12.1. The quantitative estimate of drug-likeness (QED) is 0.691. The number of hydrogen-bond donors (Lipinski definition) is 4. The fourth-order valence-corrected chi connectivity index (χ4v) is 3.27. The van der Waals surface area contributed by atoms with Gasteiger partial charge in [0.25, 0.3) is 0 Å². The minimum Gasteiger partial charge on any atom is -0.387 e. The second kappa shape index (κ2) is 7.05. The van der Waals surface area contributed by atoms with Crippen LogP contribution in [0, 0.1) is 13.8 Å². The Hall–Kier alpha value is -2.34. The Bertz CT molecular complexity index is 705. The molecule has 0 radical (unpaired) electrons. The zero-order valence-electron chi connectivity index (χ0n) is 14.1. The van der Waals surface area contributed by atoms with Crippen molar-refractivity contribution in [3.63, 3.8) is 0 Å². The molecule has 1 heterocycles. The van der Waals surface area contributed by atoms with Crippen LogP contribution in [0.3, 0.4) is 0 Å². The Kier molecular flexibility index (Phi) is 4.85. The van der Waals surface area contributed by atoms with E-state index in [0.29, 0.717) is 0 Å². The molecule has 1 aromatic carbocycles. The van der Waals surface area contributed by atoms with Crippen molar-refractivity contribution in [1.29, 1.82) is 0 Å². The predicted molar refractivity (Wildman–Crippen MR) is 91.8 cm³/mol. The van der Waals surface area contributed by atoms with Gasteiger partial charge in [0.05, 0.1) is 18.1 Å². The Balaban J connectivity index is 1.49. The van der Waals surface area contributed by atoms with E-state index in [0.717, 1.165) is 47.3 Å². The molecule has 1 aromatic heterocycles. The number of carbonyl (C=O) groups excluding carboxylic acids is 1. The van der Waals surface area contributed by atoms with Crippen LogP contribution in [0.25, 0.3) is 0 Å². The van der Waals surface area contributed by atoms with Gasteiger partial charge in [0.1, 0.15) is 0 Å². The number of imidazole rings is 1. The van der Waals surface area contributed by atoms with Crippen molar-refractivity contribution >= 4 is 6.03 Å². The van der Waals surface area contributed by atoms with Gasteiger partial charge in [0, 0.05) is 24.7 Å². The number of benzene rings is 1. The van der Waals surface area contributed by atoms with Gasteiger partial charge >= 0.3 is 6.03 Å². The number of aliphatic hydroxyl groups excluding tert-OH is 1. The Morgan fingerprint density at radius 3 is 2.88 bits per heavy atom. The minimum absolute atomic E-state index is 0.0938. The molecule has 1 aliphatic carbocycles. The van der Waals surface area contributed by atoms with E-state index in [9.17, 15) is 9.90 Å². The van der Waals surface area contributed by atoms with Crippen molar-refractivity contribution < 1.29 is 9.90 Å². The van der Waals surface area contributed by atoms with Gasteiger partial charge in [-0.15, -0.1) is 0 Å². The maximum Gasteiger partial charge on any atom is 0.315 e. The number of amides is 2. The highest BCUT2D eigenvalue weighted by Crippen LogP contribution is 2.18. The lowest BCUT2D eigenvalue weighted by Crippen LogP contribution is -2.45. The van der Waals surface area contributed by atoms with Gasteiger partial charge in [-0.25, -0.2) is 9.78 Å². The molecular formula is C18H24N4O2. The summed E-state index contributed by atoms with van der Waals surface area (Å²) in [7, 11) is 0. The molecule has 4 N–H and O–H groups in total. The summed E-state index contributed by atoms with van der Waals surface area (Å²) >= 11 is 0. The molecule has 2 aromatic rings. The lowest BCUT2D eigenvalue weighted by Gasteiger charge is -2.23. The van der Waals surface area contributed by atoms with Crippen LogP contribution in [0.2, 0.25) is 0 Å². The van der Waals surface area contributed by atoms with Gasteiger partial charge in [0.15, 0.2) is 0 Å². The van der Waals surface area contributed by atoms with Gasteiger partial charge in [-0.3, -0.25) is 0 Å². The highest BCUT2D eigenvalue weighted by molar-refractivity contribution is 5.74. The number of carbonyl (C=O) groups is 1. The molecule has 1 aliphatic rings. The normalized spacial score (nSPS) is 17.9. The second-order valence-corrected chi connectivity index (χ2v) is 6.56. The number of urea groups is 1. The molecule has 2 amide bonds. The molecule has 6 nitrogen and oxygen atoms in total. The van der Waals surface area contributed by atoms with Gasteiger partial charge < -0.3 is 20.7 Å². The third-order valence-electron chi connectivity index (χ3n) is 4.41. The van der Waals surface area contributed by atoms with Crippen molar-refractivity contribution in [1.82, 2.24) is 20.6 Å². The molecule has 0 bridgehead atoms. The van der Waals surface area contributed by atoms with Gasteiger partial charge in [0.2, 0.25) is 0 Å². The van der Waals surface area contributed by atoms with Gasteiger partial charge in [-0.1, -0.05) is 29.3 Å². The van der Waals surface area contributed by atoms with E-state index in [4.69, 9.17) is 0 Å². The topological polar surface area (TPSA) is 90.0 Å².